The molecule has 0 amide bonds. The van der Waals surface area contributed by atoms with E-state index in [1.807, 2.05) is 6.92 Å². The SMILES string of the molecule is CCC(C)Oc1cc(CNC2CC2)cc(C)n1. The van der Waals surface area contributed by atoms with Crippen LogP contribution in [0.2, 0.25) is 0 Å². The second kappa shape index (κ2) is 5.50. The summed E-state index contributed by atoms with van der Waals surface area (Å²) in [5.74, 6) is 0.756. The summed E-state index contributed by atoms with van der Waals surface area (Å²) in [4.78, 5) is 4.41. The van der Waals surface area contributed by atoms with E-state index >= 15 is 0 Å². The predicted molar refractivity (Wildman–Crippen MR) is 69.2 cm³/mol. The molecule has 3 nitrogen and oxygen atoms in total. The molecule has 1 fully saturated rings. The summed E-state index contributed by atoms with van der Waals surface area (Å²) < 4.78 is 5.77. The Morgan fingerprint density at radius 2 is 2.24 bits per heavy atom. The average molecular weight is 234 g/mol. The molecule has 94 valence electrons. The van der Waals surface area contributed by atoms with Gasteiger partial charge in [-0.2, -0.15) is 0 Å². The van der Waals surface area contributed by atoms with Crippen LogP contribution in [-0.4, -0.2) is 17.1 Å². The normalized spacial score (nSPS) is 16.9. The van der Waals surface area contributed by atoms with Gasteiger partial charge < -0.3 is 10.1 Å². The first-order valence-electron chi connectivity index (χ1n) is 6.55. The molecule has 1 aromatic rings. The summed E-state index contributed by atoms with van der Waals surface area (Å²) in [6, 6.07) is 4.91. The van der Waals surface area contributed by atoms with Crippen molar-refractivity contribution in [1.82, 2.24) is 10.3 Å². The van der Waals surface area contributed by atoms with Crippen molar-refractivity contribution >= 4 is 0 Å². The molecule has 1 aliphatic carbocycles. The Bertz CT molecular complexity index is 374. The van der Waals surface area contributed by atoms with E-state index in [9.17, 15) is 0 Å². The molecule has 17 heavy (non-hydrogen) atoms. The zero-order valence-corrected chi connectivity index (χ0v) is 11.0. The highest BCUT2D eigenvalue weighted by Crippen LogP contribution is 2.20. The molecule has 1 atom stereocenters. The molecule has 0 spiro atoms. The van der Waals surface area contributed by atoms with Crippen molar-refractivity contribution < 1.29 is 4.74 Å². The first-order valence-corrected chi connectivity index (χ1v) is 6.55. The van der Waals surface area contributed by atoms with Gasteiger partial charge >= 0.3 is 0 Å². The van der Waals surface area contributed by atoms with Crippen molar-refractivity contribution in [2.24, 2.45) is 0 Å². The lowest BCUT2D eigenvalue weighted by Gasteiger charge is -2.13. The van der Waals surface area contributed by atoms with Crippen LogP contribution in [-0.2, 0) is 6.54 Å². The minimum Gasteiger partial charge on any atom is -0.475 e. The van der Waals surface area contributed by atoms with Crippen molar-refractivity contribution in [1.29, 1.82) is 0 Å². The van der Waals surface area contributed by atoms with Gasteiger partial charge in [-0.15, -0.1) is 0 Å². The van der Waals surface area contributed by atoms with Crippen LogP contribution in [0.15, 0.2) is 12.1 Å². The number of aromatic nitrogens is 1. The second-order valence-corrected chi connectivity index (χ2v) is 4.95. The minimum atomic E-state index is 0.230. The van der Waals surface area contributed by atoms with E-state index in [1.54, 1.807) is 0 Å². The standard InChI is InChI=1S/C14H22N2O/c1-4-11(3)17-14-8-12(7-10(2)16-14)9-15-13-5-6-13/h7-8,11,13,15H,4-6,9H2,1-3H3. The fourth-order valence-electron chi connectivity index (χ4n) is 1.71. The molecular formula is C14H22N2O. The predicted octanol–water partition coefficient (Wildman–Crippen LogP) is 2.82. The molecule has 1 saturated carbocycles. The van der Waals surface area contributed by atoms with Gasteiger partial charge in [0.1, 0.15) is 0 Å². The Morgan fingerprint density at radius 3 is 2.88 bits per heavy atom. The third-order valence-corrected chi connectivity index (χ3v) is 3.06. The average Bonchev–Trinajstić information content (AvgIpc) is 3.09. The van der Waals surface area contributed by atoms with Crippen LogP contribution in [0.25, 0.3) is 0 Å². The van der Waals surface area contributed by atoms with Crippen molar-refractivity contribution in [2.45, 2.75) is 58.7 Å². The highest BCUT2D eigenvalue weighted by molar-refractivity contribution is 5.25. The summed E-state index contributed by atoms with van der Waals surface area (Å²) >= 11 is 0. The van der Waals surface area contributed by atoms with Gasteiger partial charge in [-0.05, 0) is 44.7 Å². The van der Waals surface area contributed by atoms with E-state index in [4.69, 9.17) is 4.74 Å². The van der Waals surface area contributed by atoms with E-state index in [0.29, 0.717) is 0 Å². The largest absolute Gasteiger partial charge is 0.475 e. The molecule has 1 heterocycles. The van der Waals surface area contributed by atoms with Crippen LogP contribution in [0.1, 0.15) is 44.4 Å². The number of hydrogen-bond acceptors (Lipinski definition) is 3. The maximum absolute atomic E-state index is 5.77. The Morgan fingerprint density at radius 1 is 1.47 bits per heavy atom. The molecule has 1 N–H and O–H groups in total. The molecule has 0 bridgehead atoms. The maximum atomic E-state index is 5.77. The number of nitrogens with zero attached hydrogens (tertiary/aromatic N) is 1. The van der Waals surface area contributed by atoms with Crippen molar-refractivity contribution in [3.05, 3.63) is 23.4 Å². The molecule has 0 saturated heterocycles. The molecular weight excluding hydrogens is 212 g/mol. The van der Waals surface area contributed by atoms with Crippen molar-refractivity contribution in [3.8, 4) is 5.88 Å². The van der Waals surface area contributed by atoms with Gasteiger partial charge in [0.05, 0.1) is 6.10 Å². The fourth-order valence-corrected chi connectivity index (χ4v) is 1.71. The highest BCUT2D eigenvalue weighted by Gasteiger charge is 2.20. The van der Waals surface area contributed by atoms with Gasteiger partial charge in [-0.25, -0.2) is 4.98 Å². The summed E-state index contributed by atoms with van der Waals surface area (Å²) in [6.07, 6.45) is 3.87. The number of ether oxygens (including phenoxy) is 1. The zero-order valence-electron chi connectivity index (χ0n) is 11.0. The van der Waals surface area contributed by atoms with Crippen LogP contribution < -0.4 is 10.1 Å². The van der Waals surface area contributed by atoms with Crippen LogP contribution in [0.4, 0.5) is 0 Å². The van der Waals surface area contributed by atoms with Gasteiger partial charge in [0, 0.05) is 24.3 Å². The summed E-state index contributed by atoms with van der Waals surface area (Å²) in [5, 5.41) is 3.51. The lowest BCUT2D eigenvalue weighted by molar-refractivity contribution is 0.208. The molecule has 1 aliphatic rings. The molecule has 3 heteroatoms. The van der Waals surface area contributed by atoms with E-state index in [-0.39, 0.29) is 6.10 Å². The Kier molecular flexibility index (Phi) is 4.00. The fraction of sp³-hybridized carbons (Fsp3) is 0.643. The Balaban J connectivity index is 1.99. The van der Waals surface area contributed by atoms with Gasteiger partial charge in [-0.3, -0.25) is 0 Å². The van der Waals surface area contributed by atoms with Gasteiger partial charge in [0.2, 0.25) is 5.88 Å². The number of pyridine rings is 1. The summed E-state index contributed by atoms with van der Waals surface area (Å²) in [6.45, 7) is 7.14. The quantitative estimate of drug-likeness (QED) is 0.822. The van der Waals surface area contributed by atoms with E-state index in [1.165, 1.54) is 18.4 Å². The molecule has 0 radical (unpaired) electrons. The molecule has 2 rings (SSSR count). The Labute approximate surface area is 104 Å². The number of aryl methyl sites for hydroxylation is 1. The lowest BCUT2D eigenvalue weighted by Crippen LogP contribution is -2.16. The van der Waals surface area contributed by atoms with Crippen LogP contribution in [0, 0.1) is 6.92 Å². The number of rotatable bonds is 6. The van der Waals surface area contributed by atoms with E-state index in [0.717, 1.165) is 30.6 Å². The molecule has 1 unspecified atom stereocenters. The minimum absolute atomic E-state index is 0.230. The van der Waals surface area contributed by atoms with Crippen molar-refractivity contribution in [2.75, 3.05) is 0 Å². The van der Waals surface area contributed by atoms with E-state index in [2.05, 4.69) is 36.3 Å². The maximum Gasteiger partial charge on any atom is 0.214 e. The molecule has 0 aromatic carbocycles. The van der Waals surface area contributed by atoms with Crippen molar-refractivity contribution in [3.63, 3.8) is 0 Å². The molecule has 1 aromatic heterocycles. The van der Waals surface area contributed by atoms with Crippen LogP contribution >= 0.6 is 0 Å². The first kappa shape index (κ1) is 12.4. The third-order valence-electron chi connectivity index (χ3n) is 3.06. The van der Waals surface area contributed by atoms with Crippen LogP contribution in [0.3, 0.4) is 0 Å². The lowest BCUT2D eigenvalue weighted by atomic mass is 10.2. The third kappa shape index (κ3) is 4.00. The van der Waals surface area contributed by atoms with E-state index < -0.39 is 0 Å². The Hall–Kier alpha value is -1.09. The van der Waals surface area contributed by atoms with Gasteiger partial charge in [0.15, 0.2) is 0 Å². The molecule has 0 aliphatic heterocycles. The zero-order chi connectivity index (χ0) is 12.3. The van der Waals surface area contributed by atoms with Crippen LogP contribution in [0.5, 0.6) is 5.88 Å². The monoisotopic (exact) mass is 234 g/mol. The number of hydrogen-bond donors (Lipinski definition) is 1. The smallest absolute Gasteiger partial charge is 0.214 e. The summed E-state index contributed by atoms with van der Waals surface area (Å²) in [5.41, 5.74) is 2.29. The summed E-state index contributed by atoms with van der Waals surface area (Å²) in [7, 11) is 0. The van der Waals surface area contributed by atoms with Gasteiger partial charge in [-0.1, -0.05) is 6.92 Å². The van der Waals surface area contributed by atoms with Gasteiger partial charge in [0.25, 0.3) is 0 Å². The number of nitrogens with one attached hydrogen (secondary N) is 1. The second-order valence-electron chi connectivity index (χ2n) is 4.95. The highest BCUT2D eigenvalue weighted by atomic mass is 16.5. The first-order chi connectivity index (χ1) is 8.17. The topological polar surface area (TPSA) is 34.1 Å².